The molecular weight excluding hydrogens is 1280 g/mol. The van der Waals surface area contributed by atoms with Crippen LogP contribution < -0.4 is 37.2 Å². The minimum atomic E-state index is -0.512. The maximum absolute atomic E-state index is 15.3. The standard InChI is InChI=1S/C92H87N3O8/c1-13-18-53-23-26-69-58(37-53)24-28-76-73(69)51-72(85(96)100-76)62-41-59(56-21-16-19-54(38-56)55-20-17-22-57(39-55)70-46-65-48-74-81-79(83(65)102-86(70)97)91(9,10)31-35-94(81)33-29-89(74,5)6)40-60(42-62)61-43-63(45-64(44-61)78-52(4)68-27-25-67(93(14-2)15-3)50-77(68)101-88(78)99)71-47-66-49-75-82-80(84(66)103-87(71)98)92(11,12)32-36-95(82)34-30-90(75,7)8/h16-17,19-28,37-51H,13-15,18,29-36H2,1-12H3. The van der Waals surface area contributed by atoms with Crippen LogP contribution in [-0.4, -0.2) is 39.3 Å². The Balaban J connectivity index is 0.867. The third-order valence-corrected chi connectivity index (χ3v) is 23.9. The largest absolute Gasteiger partial charge is 0.422 e. The normalized spacial score (nSPS) is 16.2. The molecule has 518 valence electrons. The van der Waals surface area contributed by atoms with Gasteiger partial charge in [0.1, 0.15) is 22.3 Å². The predicted octanol–water partition coefficient (Wildman–Crippen LogP) is 21.4. The van der Waals surface area contributed by atoms with Gasteiger partial charge >= 0.3 is 22.5 Å². The molecule has 17 rings (SSSR count). The van der Waals surface area contributed by atoms with Crippen LogP contribution in [-0.2, 0) is 28.1 Å². The molecule has 0 amide bonds. The summed E-state index contributed by atoms with van der Waals surface area (Å²) in [6.07, 6.45) is 5.88. The molecular formula is C92H87N3O8. The number of fused-ring (bicyclic) bond motifs is 8. The summed E-state index contributed by atoms with van der Waals surface area (Å²) >= 11 is 0. The van der Waals surface area contributed by atoms with Crippen molar-refractivity contribution >= 4 is 71.7 Å². The maximum Gasteiger partial charge on any atom is 0.344 e. The quantitative estimate of drug-likeness (QED) is 0.0856. The van der Waals surface area contributed by atoms with Crippen LogP contribution in [0.5, 0.6) is 0 Å². The van der Waals surface area contributed by atoms with Gasteiger partial charge in [-0.25, -0.2) is 19.2 Å². The summed E-state index contributed by atoms with van der Waals surface area (Å²) in [5.41, 5.74) is 18.7. The molecule has 103 heavy (non-hydrogen) atoms. The molecule has 0 N–H and O–H groups in total. The zero-order valence-electron chi connectivity index (χ0n) is 61.2. The Morgan fingerprint density at radius 2 is 0.845 bits per heavy atom. The number of hydrogen-bond acceptors (Lipinski definition) is 11. The van der Waals surface area contributed by atoms with Crippen LogP contribution in [0.1, 0.15) is 142 Å². The van der Waals surface area contributed by atoms with Crippen LogP contribution in [0.25, 0.3) is 133 Å². The lowest BCUT2D eigenvalue weighted by Crippen LogP contribution is -2.44. The molecule has 0 saturated heterocycles. The van der Waals surface area contributed by atoms with E-state index in [1.54, 1.807) is 0 Å². The van der Waals surface area contributed by atoms with Gasteiger partial charge < -0.3 is 32.4 Å². The predicted molar refractivity (Wildman–Crippen MR) is 423 cm³/mol. The molecule has 8 heterocycles. The number of rotatable bonds is 12. The van der Waals surface area contributed by atoms with Gasteiger partial charge in [-0.1, -0.05) is 129 Å². The average Bonchev–Trinajstić information content (AvgIpc) is 0.716. The van der Waals surface area contributed by atoms with E-state index in [1.807, 2.05) is 97.9 Å². The summed E-state index contributed by atoms with van der Waals surface area (Å²) in [5.74, 6) is 0. The van der Waals surface area contributed by atoms with Crippen molar-refractivity contribution in [2.45, 2.75) is 143 Å². The number of nitrogens with zero attached hydrogens (tertiary/aromatic N) is 3. The Bertz CT molecular complexity index is 6030. The van der Waals surface area contributed by atoms with E-state index in [0.29, 0.717) is 72.4 Å². The molecule has 13 aromatic rings. The van der Waals surface area contributed by atoms with E-state index in [4.69, 9.17) is 17.7 Å². The Hall–Kier alpha value is -10.5. The zero-order valence-corrected chi connectivity index (χ0v) is 61.2. The van der Waals surface area contributed by atoms with Crippen LogP contribution in [0.2, 0.25) is 0 Å². The molecule has 11 heteroatoms. The van der Waals surface area contributed by atoms with Crippen molar-refractivity contribution in [3.05, 3.63) is 239 Å². The van der Waals surface area contributed by atoms with E-state index >= 15 is 9.59 Å². The van der Waals surface area contributed by atoms with Crippen LogP contribution in [0.4, 0.5) is 17.1 Å². The van der Waals surface area contributed by atoms with Gasteiger partial charge in [0, 0.05) is 95.1 Å². The molecule has 11 nitrogen and oxygen atoms in total. The zero-order chi connectivity index (χ0) is 71.5. The van der Waals surface area contributed by atoms with Crippen molar-refractivity contribution in [2.75, 3.05) is 54.0 Å². The lowest BCUT2D eigenvalue weighted by Gasteiger charge is -2.48. The first-order valence-electron chi connectivity index (χ1n) is 37.0. The highest BCUT2D eigenvalue weighted by molar-refractivity contribution is 6.07. The van der Waals surface area contributed by atoms with Gasteiger partial charge in [0.2, 0.25) is 0 Å². The number of benzene rings is 9. The molecule has 0 unspecified atom stereocenters. The fourth-order valence-corrected chi connectivity index (χ4v) is 17.7. The maximum atomic E-state index is 15.3. The summed E-state index contributed by atoms with van der Waals surface area (Å²) < 4.78 is 26.0. The van der Waals surface area contributed by atoms with E-state index in [1.165, 1.54) is 28.1 Å². The van der Waals surface area contributed by atoms with Gasteiger partial charge in [0.05, 0.1) is 22.3 Å². The van der Waals surface area contributed by atoms with Crippen molar-refractivity contribution in [2.24, 2.45) is 0 Å². The highest BCUT2D eigenvalue weighted by atomic mass is 16.4. The van der Waals surface area contributed by atoms with Crippen LogP contribution in [0.3, 0.4) is 0 Å². The number of hydrogen-bond donors (Lipinski definition) is 0. The van der Waals surface area contributed by atoms with E-state index in [-0.39, 0.29) is 27.3 Å². The van der Waals surface area contributed by atoms with Crippen LogP contribution in [0.15, 0.2) is 201 Å². The topological polar surface area (TPSA) is 131 Å². The van der Waals surface area contributed by atoms with E-state index in [2.05, 4.69) is 164 Å². The van der Waals surface area contributed by atoms with E-state index in [0.717, 1.165) is 160 Å². The first-order chi connectivity index (χ1) is 49.4. The van der Waals surface area contributed by atoms with Crippen molar-refractivity contribution in [1.29, 1.82) is 0 Å². The lowest BCUT2D eigenvalue weighted by molar-refractivity contribution is 0.398. The molecule has 0 spiro atoms. The summed E-state index contributed by atoms with van der Waals surface area (Å²) in [6, 6.07) is 55.5. The molecule has 0 aliphatic carbocycles. The summed E-state index contributed by atoms with van der Waals surface area (Å²) in [6.45, 7) is 32.1. The molecule has 4 aliphatic rings. The van der Waals surface area contributed by atoms with E-state index in [9.17, 15) is 9.59 Å². The minimum Gasteiger partial charge on any atom is -0.422 e. The van der Waals surface area contributed by atoms with Gasteiger partial charge in [-0.2, -0.15) is 0 Å². The summed E-state index contributed by atoms with van der Waals surface area (Å²) in [7, 11) is 0. The fraction of sp³-hybridized carbons (Fsp3) is 0.304. The second-order valence-electron chi connectivity index (χ2n) is 32.3. The summed E-state index contributed by atoms with van der Waals surface area (Å²) in [5, 5.41) is 5.39. The van der Waals surface area contributed by atoms with Crippen LogP contribution in [0, 0.1) is 6.92 Å². The van der Waals surface area contributed by atoms with Crippen LogP contribution >= 0.6 is 0 Å². The Morgan fingerprint density at radius 1 is 0.388 bits per heavy atom. The highest BCUT2D eigenvalue weighted by Crippen LogP contribution is 2.54. The van der Waals surface area contributed by atoms with Crippen molar-refractivity contribution in [1.82, 2.24) is 0 Å². The van der Waals surface area contributed by atoms with E-state index < -0.39 is 16.9 Å². The van der Waals surface area contributed by atoms with Gasteiger partial charge in [0.25, 0.3) is 0 Å². The van der Waals surface area contributed by atoms with Crippen molar-refractivity contribution in [3.8, 4) is 77.9 Å². The Morgan fingerprint density at radius 3 is 1.42 bits per heavy atom. The molecule has 4 aromatic heterocycles. The fourth-order valence-electron chi connectivity index (χ4n) is 17.7. The molecule has 0 saturated carbocycles. The minimum absolute atomic E-state index is 0.0531. The molecule has 9 aromatic carbocycles. The van der Waals surface area contributed by atoms with Gasteiger partial charge in [0.15, 0.2) is 0 Å². The molecule has 4 aliphatic heterocycles. The third kappa shape index (κ3) is 10.9. The summed E-state index contributed by atoms with van der Waals surface area (Å²) in [4.78, 5) is 67.1. The third-order valence-electron chi connectivity index (χ3n) is 23.9. The number of anilines is 3. The molecule has 0 radical (unpaired) electrons. The lowest BCUT2D eigenvalue weighted by atomic mass is 9.69. The van der Waals surface area contributed by atoms with Crippen molar-refractivity contribution in [3.63, 3.8) is 0 Å². The van der Waals surface area contributed by atoms with Gasteiger partial charge in [-0.15, -0.1) is 0 Å². The van der Waals surface area contributed by atoms with Crippen molar-refractivity contribution < 1.29 is 17.7 Å². The first kappa shape index (κ1) is 65.8. The second kappa shape index (κ2) is 24.0. The monoisotopic (exact) mass is 1360 g/mol. The Kier molecular flexibility index (Phi) is 15.4. The van der Waals surface area contributed by atoms with Gasteiger partial charge in [-0.3, -0.25) is 0 Å². The molecule has 0 atom stereocenters. The first-order valence-corrected chi connectivity index (χ1v) is 37.0. The second-order valence-corrected chi connectivity index (χ2v) is 32.3. The number of aryl methyl sites for hydroxylation is 2. The Labute approximate surface area is 600 Å². The van der Waals surface area contributed by atoms with Gasteiger partial charge in [-0.05, 0) is 260 Å². The SMILES string of the molecule is CCCc1ccc2c(ccc3oc(=O)c(-c4cc(-c5cccc(-c6cccc(-c7cc8cc9c%10c(c8oc7=O)C(C)(C)CCN%10CCC9(C)C)c6)c5)cc(-c5cc(-c6cc7cc8c9c(c7oc6=O)C(C)(C)CCN9CCC8(C)C)cc(-c6c(C)c7ccc(N(CC)CC)cc7oc6=O)c5)c4)cc32)c1. The molecule has 0 bridgehead atoms. The smallest absolute Gasteiger partial charge is 0.344 e. The highest BCUT2D eigenvalue weighted by Gasteiger charge is 2.44. The molecule has 0 fully saturated rings. The average molecular weight is 1360 g/mol.